The number of hydrogen-bond donors (Lipinski definition) is 0. The number of carbonyl (C=O) groups excluding carboxylic acids is 1. The predicted molar refractivity (Wildman–Crippen MR) is 81.0 cm³/mol. The van der Waals surface area contributed by atoms with Gasteiger partial charge in [-0.15, -0.1) is 0 Å². The summed E-state index contributed by atoms with van der Waals surface area (Å²) in [6.07, 6.45) is 3.42. The van der Waals surface area contributed by atoms with Gasteiger partial charge in [0.1, 0.15) is 23.1 Å². The smallest absolute Gasteiger partial charge is 0.276 e. The lowest BCUT2D eigenvalue weighted by Crippen LogP contribution is -2.49. The van der Waals surface area contributed by atoms with Crippen molar-refractivity contribution in [3.05, 3.63) is 35.4 Å². The lowest BCUT2D eigenvalue weighted by molar-refractivity contribution is 0.0739. The zero-order valence-electron chi connectivity index (χ0n) is 12.2. The average Bonchev–Trinajstić information content (AvgIpc) is 3.03. The fraction of sp³-hybridized carbons (Fsp3) is 0.429. The molecule has 3 heterocycles. The van der Waals surface area contributed by atoms with E-state index >= 15 is 0 Å². The molecule has 0 aromatic carbocycles. The number of nitrogens with zero attached hydrogens (tertiary/aromatic N) is 5. The molecule has 0 saturated carbocycles. The van der Waals surface area contributed by atoms with Gasteiger partial charge in [0.2, 0.25) is 0 Å². The Kier molecular flexibility index (Phi) is 4.24. The van der Waals surface area contributed by atoms with Crippen molar-refractivity contribution in [2.24, 2.45) is 0 Å². The molecule has 8 heteroatoms. The molecule has 1 aliphatic heterocycles. The van der Waals surface area contributed by atoms with Gasteiger partial charge in [-0.25, -0.2) is 15.0 Å². The van der Waals surface area contributed by atoms with Crippen LogP contribution in [0.25, 0.3) is 0 Å². The largest absolute Gasteiger partial charge is 0.448 e. The van der Waals surface area contributed by atoms with Crippen LogP contribution < -0.4 is 4.90 Å². The summed E-state index contributed by atoms with van der Waals surface area (Å²) in [4.78, 5) is 28.5. The first-order valence-corrected chi connectivity index (χ1v) is 7.51. The topological polar surface area (TPSA) is 75.4 Å². The summed E-state index contributed by atoms with van der Waals surface area (Å²) in [6, 6.07) is 1.73. The van der Waals surface area contributed by atoms with Crippen molar-refractivity contribution in [2.75, 3.05) is 31.1 Å². The molecule has 1 fully saturated rings. The van der Waals surface area contributed by atoms with Crippen molar-refractivity contribution in [1.82, 2.24) is 19.9 Å². The highest BCUT2D eigenvalue weighted by atomic mass is 35.5. The van der Waals surface area contributed by atoms with Gasteiger partial charge in [0.05, 0.1) is 0 Å². The number of piperazine rings is 1. The Labute approximate surface area is 132 Å². The molecule has 7 nitrogen and oxygen atoms in total. The highest BCUT2D eigenvalue weighted by Crippen LogP contribution is 2.18. The molecule has 1 saturated heterocycles. The lowest BCUT2D eigenvalue weighted by Gasteiger charge is -2.35. The van der Waals surface area contributed by atoms with Crippen LogP contribution in [-0.2, 0) is 6.42 Å². The van der Waals surface area contributed by atoms with E-state index in [4.69, 9.17) is 16.0 Å². The van der Waals surface area contributed by atoms with Gasteiger partial charge in [-0.3, -0.25) is 4.79 Å². The molecular formula is C14H16ClN5O2. The van der Waals surface area contributed by atoms with E-state index in [9.17, 15) is 4.79 Å². The van der Waals surface area contributed by atoms with Crippen molar-refractivity contribution in [3.63, 3.8) is 0 Å². The number of rotatable bonds is 3. The van der Waals surface area contributed by atoms with E-state index in [1.54, 1.807) is 11.0 Å². The summed E-state index contributed by atoms with van der Waals surface area (Å²) < 4.78 is 5.23. The SMILES string of the molecule is CCc1ocnc1C(=O)N1CCN(c2cc(Cl)ncn2)CC1. The van der Waals surface area contributed by atoms with Crippen molar-refractivity contribution >= 4 is 23.3 Å². The Bertz CT molecular complexity index is 667. The van der Waals surface area contributed by atoms with Gasteiger partial charge < -0.3 is 14.2 Å². The zero-order valence-corrected chi connectivity index (χ0v) is 13.0. The van der Waals surface area contributed by atoms with Gasteiger partial charge in [-0.2, -0.15) is 0 Å². The molecule has 2 aromatic rings. The second-order valence-electron chi connectivity index (χ2n) is 4.96. The predicted octanol–water partition coefficient (Wildman–Crippen LogP) is 1.64. The van der Waals surface area contributed by atoms with Crippen molar-refractivity contribution in [3.8, 4) is 0 Å². The second kappa shape index (κ2) is 6.31. The summed E-state index contributed by atoms with van der Waals surface area (Å²) >= 11 is 5.88. The fourth-order valence-electron chi connectivity index (χ4n) is 2.48. The molecule has 0 aliphatic carbocycles. The minimum Gasteiger partial charge on any atom is -0.448 e. The Balaban J connectivity index is 1.65. The molecule has 2 aromatic heterocycles. The third kappa shape index (κ3) is 2.89. The van der Waals surface area contributed by atoms with E-state index in [-0.39, 0.29) is 5.91 Å². The summed E-state index contributed by atoms with van der Waals surface area (Å²) in [6.45, 7) is 4.54. The maximum Gasteiger partial charge on any atom is 0.276 e. The van der Waals surface area contributed by atoms with E-state index in [0.29, 0.717) is 49.2 Å². The number of aromatic nitrogens is 3. The molecule has 0 spiro atoms. The van der Waals surface area contributed by atoms with Gasteiger partial charge in [0.25, 0.3) is 5.91 Å². The molecule has 1 aliphatic rings. The Morgan fingerprint density at radius 2 is 2.05 bits per heavy atom. The van der Waals surface area contributed by atoms with Crippen molar-refractivity contribution in [1.29, 1.82) is 0 Å². The summed E-state index contributed by atoms with van der Waals surface area (Å²) in [5, 5.41) is 0.415. The molecule has 116 valence electrons. The molecule has 3 rings (SSSR count). The monoisotopic (exact) mass is 321 g/mol. The highest BCUT2D eigenvalue weighted by molar-refractivity contribution is 6.29. The molecule has 0 atom stereocenters. The van der Waals surface area contributed by atoms with Crippen LogP contribution in [0.15, 0.2) is 23.2 Å². The standard InChI is InChI=1S/C14H16ClN5O2/c1-2-10-13(18-9-22-10)14(21)20-5-3-19(4-6-20)12-7-11(15)16-8-17-12/h7-9H,2-6H2,1H3. The van der Waals surface area contributed by atoms with E-state index in [0.717, 1.165) is 5.82 Å². The van der Waals surface area contributed by atoms with Crippen LogP contribution in [0, 0.1) is 0 Å². The normalized spacial score (nSPS) is 15.2. The summed E-state index contributed by atoms with van der Waals surface area (Å²) in [5.41, 5.74) is 0.418. The molecule has 0 unspecified atom stereocenters. The first-order valence-electron chi connectivity index (χ1n) is 7.13. The van der Waals surface area contributed by atoms with Gasteiger partial charge >= 0.3 is 0 Å². The summed E-state index contributed by atoms with van der Waals surface area (Å²) in [7, 11) is 0. The van der Waals surface area contributed by atoms with Crippen LogP contribution in [-0.4, -0.2) is 51.9 Å². The number of amides is 1. The second-order valence-corrected chi connectivity index (χ2v) is 5.34. The number of hydrogen-bond acceptors (Lipinski definition) is 6. The van der Waals surface area contributed by atoms with Crippen LogP contribution in [0.2, 0.25) is 5.15 Å². The quantitative estimate of drug-likeness (QED) is 0.800. The number of halogens is 1. The van der Waals surface area contributed by atoms with Gasteiger partial charge in [0, 0.05) is 38.7 Å². The van der Waals surface area contributed by atoms with Crippen molar-refractivity contribution < 1.29 is 9.21 Å². The van der Waals surface area contributed by atoms with E-state index in [1.807, 2.05) is 6.92 Å². The van der Waals surface area contributed by atoms with Crippen molar-refractivity contribution in [2.45, 2.75) is 13.3 Å². The van der Waals surface area contributed by atoms with Gasteiger partial charge in [-0.1, -0.05) is 18.5 Å². The fourth-order valence-corrected chi connectivity index (χ4v) is 2.62. The zero-order chi connectivity index (χ0) is 15.5. The van der Waals surface area contributed by atoms with E-state index in [2.05, 4.69) is 19.9 Å². The average molecular weight is 322 g/mol. The molecule has 0 bridgehead atoms. The third-order valence-corrected chi connectivity index (χ3v) is 3.88. The Morgan fingerprint density at radius 1 is 1.27 bits per heavy atom. The Morgan fingerprint density at radius 3 is 2.73 bits per heavy atom. The third-order valence-electron chi connectivity index (χ3n) is 3.67. The number of carbonyl (C=O) groups is 1. The number of aryl methyl sites for hydroxylation is 1. The lowest BCUT2D eigenvalue weighted by atomic mass is 10.2. The molecular weight excluding hydrogens is 306 g/mol. The van der Waals surface area contributed by atoms with Crippen LogP contribution in [0.4, 0.5) is 5.82 Å². The molecule has 1 amide bonds. The van der Waals surface area contributed by atoms with Crippen LogP contribution >= 0.6 is 11.6 Å². The minimum absolute atomic E-state index is 0.0778. The van der Waals surface area contributed by atoms with Crippen LogP contribution in [0.1, 0.15) is 23.2 Å². The number of oxazole rings is 1. The van der Waals surface area contributed by atoms with E-state index in [1.165, 1.54) is 12.7 Å². The summed E-state index contributed by atoms with van der Waals surface area (Å²) in [5.74, 6) is 1.34. The number of anilines is 1. The first-order chi connectivity index (χ1) is 10.7. The minimum atomic E-state index is -0.0778. The van der Waals surface area contributed by atoms with Gasteiger partial charge in [0.15, 0.2) is 12.1 Å². The highest BCUT2D eigenvalue weighted by Gasteiger charge is 2.26. The maximum absolute atomic E-state index is 12.5. The molecule has 0 N–H and O–H groups in total. The van der Waals surface area contributed by atoms with Crippen LogP contribution in [0.3, 0.4) is 0 Å². The first kappa shape index (κ1) is 14.8. The maximum atomic E-state index is 12.5. The van der Waals surface area contributed by atoms with E-state index < -0.39 is 0 Å². The van der Waals surface area contributed by atoms with Gasteiger partial charge in [-0.05, 0) is 0 Å². The molecule has 0 radical (unpaired) electrons. The Hall–Kier alpha value is -2.15. The van der Waals surface area contributed by atoms with Crippen LogP contribution in [0.5, 0.6) is 0 Å². The molecule has 22 heavy (non-hydrogen) atoms.